The first-order valence-electron chi connectivity index (χ1n) is 10.8. The summed E-state index contributed by atoms with van der Waals surface area (Å²) >= 11 is 0. The van der Waals surface area contributed by atoms with Crippen LogP contribution in [0.25, 0.3) is 11.3 Å². The Morgan fingerprint density at radius 3 is 2.54 bits per heavy atom. The fourth-order valence-corrected chi connectivity index (χ4v) is 5.44. The van der Waals surface area contributed by atoms with E-state index in [9.17, 15) is 0 Å². The molecule has 4 fully saturated rings. The van der Waals surface area contributed by atoms with Gasteiger partial charge in [0.2, 0.25) is 0 Å². The average Bonchev–Trinajstić information content (AvgIpc) is 3.59. The molecule has 2 saturated carbocycles. The molecule has 6 nitrogen and oxygen atoms in total. The molecular weight excluding hydrogens is 350 g/mol. The van der Waals surface area contributed by atoms with Gasteiger partial charge in [-0.2, -0.15) is 0 Å². The molecule has 2 aliphatic heterocycles. The maximum absolute atomic E-state index is 5.91. The molecule has 2 N–H and O–H groups in total. The van der Waals surface area contributed by atoms with E-state index in [1.54, 1.807) is 0 Å². The van der Waals surface area contributed by atoms with E-state index >= 15 is 0 Å². The van der Waals surface area contributed by atoms with Crippen molar-refractivity contribution in [2.45, 2.75) is 50.6 Å². The first-order valence-corrected chi connectivity index (χ1v) is 10.8. The maximum atomic E-state index is 5.91. The van der Waals surface area contributed by atoms with Crippen molar-refractivity contribution in [3.63, 3.8) is 0 Å². The molecule has 2 saturated heterocycles. The molecule has 0 amide bonds. The summed E-state index contributed by atoms with van der Waals surface area (Å²) in [5.41, 5.74) is 9.07. The zero-order chi connectivity index (χ0) is 18.8. The number of likely N-dealkylation sites (tertiary alicyclic amines) is 1. The van der Waals surface area contributed by atoms with Crippen molar-refractivity contribution in [3.8, 4) is 11.3 Å². The normalized spacial score (nSPS) is 30.5. The highest BCUT2D eigenvalue weighted by molar-refractivity contribution is 5.61. The number of piperidine rings is 1. The number of ether oxygens (including phenoxy) is 1. The van der Waals surface area contributed by atoms with E-state index in [-0.39, 0.29) is 0 Å². The Kier molecular flexibility index (Phi) is 3.82. The smallest absolute Gasteiger partial charge is 0.126 e. The molecule has 1 unspecified atom stereocenters. The van der Waals surface area contributed by atoms with Crippen molar-refractivity contribution >= 4 is 5.82 Å². The van der Waals surface area contributed by atoms with Crippen molar-refractivity contribution in [1.82, 2.24) is 19.4 Å². The lowest BCUT2D eigenvalue weighted by molar-refractivity contribution is 0.0370. The number of hydrogen-bond acceptors (Lipinski definition) is 5. The summed E-state index contributed by atoms with van der Waals surface area (Å²) in [6.07, 6.45) is 9.14. The minimum atomic E-state index is 0.607. The van der Waals surface area contributed by atoms with Crippen LogP contribution in [0.15, 0.2) is 18.5 Å². The quantitative estimate of drug-likeness (QED) is 0.884. The van der Waals surface area contributed by atoms with Crippen LogP contribution in [-0.2, 0) is 4.74 Å². The molecule has 0 aromatic carbocycles. The Labute approximate surface area is 166 Å². The fraction of sp³-hybridized carbons (Fsp3) is 0.636. The second kappa shape index (κ2) is 6.29. The molecule has 0 radical (unpaired) electrons. The second-order valence-corrected chi connectivity index (χ2v) is 9.21. The molecule has 28 heavy (non-hydrogen) atoms. The topological polar surface area (TPSA) is 69.2 Å². The first kappa shape index (κ1) is 17.0. The molecule has 0 bridgehead atoms. The third-order valence-electron chi connectivity index (χ3n) is 7.32. The molecule has 3 atom stereocenters. The summed E-state index contributed by atoms with van der Waals surface area (Å²) in [6, 6.07) is 3.51. The number of pyridine rings is 1. The number of fused-ring (bicyclic) bond motifs is 1. The summed E-state index contributed by atoms with van der Waals surface area (Å²) in [4.78, 5) is 12.1. The summed E-state index contributed by atoms with van der Waals surface area (Å²) in [5, 5.41) is 0. The van der Waals surface area contributed by atoms with Crippen LogP contribution >= 0.6 is 0 Å². The van der Waals surface area contributed by atoms with Crippen molar-refractivity contribution < 1.29 is 4.74 Å². The number of nitrogen functional groups attached to an aromatic ring is 1. The highest BCUT2D eigenvalue weighted by atomic mass is 16.5. The number of aryl methyl sites for hydroxylation is 1. The lowest BCUT2D eigenvalue weighted by atomic mass is 10.1. The molecule has 6 heteroatoms. The van der Waals surface area contributed by atoms with Crippen LogP contribution in [-0.4, -0.2) is 51.8 Å². The van der Waals surface area contributed by atoms with Crippen LogP contribution in [0, 0.1) is 18.8 Å². The molecule has 2 aromatic heterocycles. The lowest BCUT2D eigenvalue weighted by Gasteiger charge is -2.32. The van der Waals surface area contributed by atoms with Crippen molar-refractivity contribution in [1.29, 1.82) is 0 Å². The first-order chi connectivity index (χ1) is 13.7. The molecule has 4 heterocycles. The van der Waals surface area contributed by atoms with E-state index in [1.807, 2.05) is 13.1 Å². The van der Waals surface area contributed by atoms with E-state index in [1.165, 1.54) is 44.6 Å². The Morgan fingerprint density at radius 1 is 1.11 bits per heavy atom. The van der Waals surface area contributed by atoms with Crippen LogP contribution in [0.4, 0.5) is 5.82 Å². The van der Waals surface area contributed by atoms with Crippen LogP contribution in [0.5, 0.6) is 0 Å². The standard InChI is InChI=1S/C22H29N5O/c1-13-8-15(9-24-21(13)23)19-12-27(22(25-19)14-2-3-14)20-17-10-26(11-18(17)20)16-4-6-28-7-5-16/h8-9,12,14,16-18,20H,2-7,10-11H2,1H3,(H2,23,24)/t17-,18+,20?. The number of anilines is 1. The van der Waals surface area contributed by atoms with Gasteiger partial charge >= 0.3 is 0 Å². The molecule has 6 rings (SSSR count). The summed E-state index contributed by atoms with van der Waals surface area (Å²) in [6.45, 7) is 6.39. The number of imidazole rings is 1. The average molecular weight is 380 g/mol. The van der Waals surface area contributed by atoms with E-state index in [4.69, 9.17) is 15.5 Å². The van der Waals surface area contributed by atoms with Crippen molar-refractivity contribution in [2.24, 2.45) is 11.8 Å². The number of nitrogens with zero attached hydrogens (tertiary/aromatic N) is 4. The largest absolute Gasteiger partial charge is 0.383 e. The van der Waals surface area contributed by atoms with Gasteiger partial charge in [-0.3, -0.25) is 4.90 Å². The minimum absolute atomic E-state index is 0.607. The van der Waals surface area contributed by atoms with Crippen molar-refractivity contribution in [3.05, 3.63) is 29.8 Å². The van der Waals surface area contributed by atoms with Crippen LogP contribution in [0.2, 0.25) is 0 Å². The molecule has 2 aliphatic carbocycles. The zero-order valence-electron chi connectivity index (χ0n) is 16.6. The highest BCUT2D eigenvalue weighted by Gasteiger charge is 2.58. The third kappa shape index (κ3) is 2.77. The van der Waals surface area contributed by atoms with Crippen LogP contribution in [0.1, 0.15) is 49.0 Å². The molecule has 2 aromatic rings. The van der Waals surface area contributed by atoms with Gasteiger partial charge in [0.05, 0.1) is 5.69 Å². The lowest BCUT2D eigenvalue weighted by Crippen LogP contribution is -2.39. The molecule has 4 aliphatic rings. The van der Waals surface area contributed by atoms with Gasteiger partial charge in [0.1, 0.15) is 11.6 Å². The Balaban J connectivity index is 1.24. The fourth-order valence-electron chi connectivity index (χ4n) is 5.44. The predicted octanol–water partition coefficient (Wildman–Crippen LogP) is 2.99. The summed E-state index contributed by atoms with van der Waals surface area (Å²) in [7, 11) is 0. The van der Waals surface area contributed by atoms with Gasteiger partial charge in [-0.25, -0.2) is 9.97 Å². The van der Waals surface area contributed by atoms with E-state index in [2.05, 4.69) is 26.7 Å². The summed E-state index contributed by atoms with van der Waals surface area (Å²) < 4.78 is 8.08. The second-order valence-electron chi connectivity index (χ2n) is 9.21. The minimum Gasteiger partial charge on any atom is -0.383 e. The van der Waals surface area contributed by atoms with Crippen LogP contribution < -0.4 is 5.73 Å². The monoisotopic (exact) mass is 379 g/mol. The SMILES string of the molecule is Cc1cc(-c2cn(C3[C@H]4CN(C5CCOCC5)C[C@@H]34)c(C3CC3)n2)cnc1N. The predicted molar refractivity (Wildman–Crippen MR) is 108 cm³/mol. The van der Waals surface area contributed by atoms with Gasteiger partial charge < -0.3 is 15.0 Å². The van der Waals surface area contributed by atoms with Gasteiger partial charge in [0.15, 0.2) is 0 Å². The van der Waals surface area contributed by atoms with E-state index in [0.717, 1.165) is 47.9 Å². The van der Waals surface area contributed by atoms with E-state index in [0.29, 0.717) is 17.8 Å². The molecular formula is C22H29N5O. The Hall–Kier alpha value is -1.92. The number of nitrogens with two attached hydrogens (primary N) is 1. The van der Waals surface area contributed by atoms with Gasteiger partial charge in [-0.15, -0.1) is 0 Å². The number of hydrogen-bond donors (Lipinski definition) is 1. The van der Waals surface area contributed by atoms with Gasteiger partial charge in [-0.05, 0) is 56.1 Å². The summed E-state index contributed by atoms with van der Waals surface area (Å²) in [5.74, 6) is 4.17. The number of rotatable bonds is 4. The van der Waals surface area contributed by atoms with Crippen LogP contribution in [0.3, 0.4) is 0 Å². The van der Waals surface area contributed by atoms with Gasteiger partial charge in [0, 0.05) is 62.3 Å². The third-order valence-corrected chi connectivity index (χ3v) is 7.32. The van der Waals surface area contributed by atoms with Crippen molar-refractivity contribution in [2.75, 3.05) is 32.0 Å². The zero-order valence-corrected chi connectivity index (χ0v) is 16.6. The number of aromatic nitrogens is 3. The van der Waals surface area contributed by atoms with Gasteiger partial charge in [-0.1, -0.05) is 0 Å². The highest BCUT2D eigenvalue weighted by Crippen LogP contribution is 2.58. The van der Waals surface area contributed by atoms with E-state index < -0.39 is 0 Å². The Bertz CT molecular complexity index is 886. The van der Waals surface area contributed by atoms with Gasteiger partial charge in [0.25, 0.3) is 0 Å². The molecule has 148 valence electrons. The molecule has 0 spiro atoms. The Morgan fingerprint density at radius 2 is 1.86 bits per heavy atom. The maximum Gasteiger partial charge on any atom is 0.126 e.